The quantitative estimate of drug-likeness (QED) is 0.488. The standard InChI is InChI=1S/C25H33ClN4O2S2/c1-19(31)29-15-6-20(7-16-29)24(32)30(22-5-2-4-21(26)18-22)12-3-11-28-13-8-23(9-14-28)34-25-27-10-17-33-25/h2,4-5,10,17-18,20,23H,3,6-9,11-16H2,1H3. The van der Waals surface area contributed by atoms with Crippen molar-refractivity contribution in [2.75, 3.05) is 44.2 Å². The van der Waals surface area contributed by atoms with Crippen LogP contribution in [0.5, 0.6) is 0 Å². The molecule has 4 rings (SSSR count). The van der Waals surface area contributed by atoms with Crippen LogP contribution in [0.4, 0.5) is 5.69 Å². The van der Waals surface area contributed by atoms with E-state index < -0.39 is 0 Å². The molecule has 2 fully saturated rings. The molecule has 2 aliphatic heterocycles. The van der Waals surface area contributed by atoms with E-state index in [9.17, 15) is 9.59 Å². The van der Waals surface area contributed by atoms with E-state index >= 15 is 0 Å². The number of halogens is 1. The van der Waals surface area contributed by atoms with Gasteiger partial charge < -0.3 is 14.7 Å². The van der Waals surface area contributed by atoms with Crippen molar-refractivity contribution in [3.8, 4) is 0 Å². The summed E-state index contributed by atoms with van der Waals surface area (Å²) in [5.74, 6) is 0.198. The third-order valence-electron chi connectivity index (χ3n) is 6.74. The van der Waals surface area contributed by atoms with Crippen molar-refractivity contribution in [1.82, 2.24) is 14.8 Å². The lowest BCUT2D eigenvalue weighted by molar-refractivity contribution is -0.133. The van der Waals surface area contributed by atoms with Crippen LogP contribution in [0.15, 0.2) is 40.2 Å². The molecule has 2 aromatic rings. The van der Waals surface area contributed by atoms with Gasteiger partial charge in [-0.15, -0.1) is 11.3 Å². The molecule has 0 spiro atoms. The number of rotatable bonds is 8. The minimum atomic E-state index is -0.0480. The molecule has 0 aliphatic carbocycles. The average Bonchev–Trinajstić information content (AvgIpc) is 3.35. The monoisotopic (exact) mass is 520 g/mol. The van der Waals surface area contributed by atoms with E-state index in [0.717, 1.165) is 44.6 Å². The second-order valence-corrected chi connectivity index (χ2v) is 11.9. The number of carbonyl (C=O) groups excluding carboxylic acids is 2. The zero-order valence-electron chi connectivity index (χ0n) is 19.7. The van der Waals surface area contributed by atoms with Gasteiger partial charge in [-0.3, -0.25) is 9.59 Å². The van der Waals surface area contributed by atoms with Crippen LogP contribution in [-0.2, 0) is 9.59 Å². The Kier molecular flexibility index (Phi) is 9.28. The van der Waals surface area contributed by atoms with Gasteiger partial charge in [0.05, 0.1) is 0 Å². The van der Waals surface area contributed by atoms with Crippen molar-refractivity contribution in [2.24, 2.45) is 5.92 Å². The molecule has 6 nitrogen and oxygen atoms in total. The molecule has 3 heterocycles. The van der Waals surface area contributed by atoms with Gasteiger partial charge >= 0.3 is 0 Å². The Balaban J connectivity index is 1.30. The number of benzene rings is 1. The molecular formula is C25H33ClN4O2S2. The van der Waals surface area contributed by atoms with E-state index in [-0.39, 0.29) is 17.7 Å². The number of nitrogens with zero attached hydrogens (tertiary/aromatic N) is 4. The number of thioether (sulfide) groups is 1. The summed E-state index contributed by atoms with van der Waals surface area (Å²) >= 11 is 9.89. The van der Waals surface area contributed by atoms with E-state index in [1.54, 1.807) is 18.3 Å². The molecule has 0 bridgehead atoms. The van der Waals surface area contributed by atoms with Crippen LogP contribution in [0, 0.1) is 5.92 Å². The highest BCUT2D eigenvalue weighted by Gasteiger charge is 2.30. The number of anilines is 1. The first-order chi connectivity index (χ1) is 16.5. The zero-order valence-corrected chi connectivity index (χ0v) is 22.1. The molecular weight excluding hydrogens is 488 g/mol. The van der Waals surface area contributed by atoms with Crippen LogP contribution in [-0.4, -0.2) is 71.1 Å². The Morgan fingerprint density at radius 3 is 2.59 bits per heavy atom. The summed E-state index contributed by atoms with van der Waals surface area (Å²) < 4.78 is 1.17. The summed E-state index contributed by atoms with van der Waals surface area (Å²) in [4.78, 5) is 35.9. The fraction of sp³-hybridized carbons (Fsp3) is 0.560. The lowest BCUT2D eigenvalue weighted by atomic mass is 9.94. The number of likely N-dealkylation sites (tertiary alicyclic amines) is 2. The summed E-state index contributed by atoms with van der Waals surface area (Å²) in [5.41, 5.74) is 0.866. The third kappa shape index (κ3) is 6.97. The van der Waals surface area contributed by atoms with Crippen molar-refractivity contribution in [2.45, 2.75) is 48.6 Å². The van der Waals surface area contributed by atoms with Gasteiger partial charge in [0, 0.05) is 60.0 Å². The molecule has 0 atom stereocenters. The molecule has 9 heteroatoms. The van der Waals surface area contributed by atoms with E-state index in [1.807, 2.05) is 57.4 Å². The van der Waals surface area contributed by atoms with E-state index in [4.69, 9.17) is 11.6 Å². The van der Waals surface area contributed by atoms with Gasteiger partial charge in [0.2, 0.25) is 11.8 Å². The Labute approximate surface area is 215 Å². The van der Waals surface area contributed by atoms with E-state index in [1.165, 1.54) is 17.2 Å². The van der Waals surface area contributed by atoms with Crippen LogP contribution in [0.3, 0.4) is 0 Å². The first kappa shape index (κ1) is 25.5. The molecule has 0 saturated carbocycles. The summed E-state index contributed by atoms with van der Waals surface area (Å²) in [6, 6.07) is 7.59. The van der Waals surface area contributed by atoms with Gasteiger partial charge in [-0.05, 0) is 69.9 Å². The molecule has 2 amide bonds. The molecule has 0 unspecified atom stereocenters. The topological polar surface area (TPSA) is 56.8 Å². The Morgan fingerprint density at radius 2 is 1.94 bits per heavy atom. The first-order valence-corrected chi connectivity index (χ1v) is 14.2. The molecule has 0 radical (unpaired) electrons. The number of hydrogen-bond acceptors (Lipinski definition) is 6. The summed E-state index contributed by atoms with van der Waals surface area (Å²) in [7, 11) is 0. The van der Waals surface area contributed by atoms with Gasteiger partial charge in [-0.1, -0.05) is 29.4 Å². The predicted molar refractivity (Wildman–Crippen MR) is 141 cm³/mol. The summed E-state index contributed by atoms with van der Waals surface area (Å²) in [6.07, 6.45) is 6.60. The molecule has 2 saturated heterocycles. The highest BCUT2D eigenvalue weighted by Crippen LogP contribution is 2.31. The average molecular weight is 521 g/mol. The second kappa shape index (κ2) is 12.4. The number of aromatic nitrogens is 1. The minimum absolute atomic E-state index is 0.0480. The van der Waals surface area contributed by atoms with Crippen molar-refractivity contribution in [3.05, 3.63) is 40.9 Å². The maximum absolute atomic E-state index is 13.5. The number of carbonyl (C=O) groups is 2. The number of piperidine rings is 2. The normalized spacial score (nSPS) is 18.2. The molecule has 184 valence electrons. The lowest BCUT2D eigenvalue weighted by Gasteiger charge is -2.35. The van der Waals surface area contributed by atoms with Gasteiger partial charge in [0.15, 0.2) is 0 Å². The largest absolute Gasteiger partial charge is 0.343 e. The predicted octanol–water partition coefficient (Wildman–Crippen LogP) is 5.03. The fourth-order valence-electron chi connectivity index (χ4n) is 4.79. The first-order valence-electron chi connectivity index (χ1n) is 12.1. The van der Waals surface area contributed by atoms with Crippen LogP contribution in [0.2, 0.25) is 5.02 Å². The highest BCUT2D eigenvalue weighted by atomic mass is 35.5. The fourth-order valence-corrected chi connectivity index (χ4v) is 6.98. The van der Waals surface area contributed by atoms with Gasteiger partial charge in [-0.2, -0.15) is 0 Å². The van der Waals surface area contributed by atoms with E-state index in [0.29, 0.717) is 29.9 Å². The minimum Gasteiger partial charge on any atom is -0.343 e. The molecule has 2 aliphatic rings. The van der Waals surface area contributed by atoms with Gasteiger partial charge in [0.1, 0.15) is 4.34 Å². The highest BCUT2D eigenvalue weighted by molar-refractivity contribution is 8.01. The Morgan fingerprint density at radius 1 is 1.18 bits per heavy atom. The van der Waals surface area contributed by atoms with Gasteiger partial charge in [0.25, 0.3) is 0 Å². The SMILES string of the molecule is CC(=O)N1CCC(C(=O)N(CCCN2CCC(Sc3nccs3)CC2)c2cccc(Cl)c2)CC1. The van der Waals surface area contributed by atoms with Crippen molar-refractivity contribution >= 4 is 52.2 Å². The molecule has 1 aromatic carbocycles. The molecule has 1 aromatic heterocycles. The van der Waals surface area contributed by atoms with Crippen molar-refractivity contribution in [1.29, 1.82) is 0 Å². The number of hydrogen-bond donors (Lipinski definition) is 0. The third-order valence-corrected chi connectivity index (χ3v) is 9.23. The second-order valence-electron chi connectivity index (χ2n) is 9.06. The van der Waals surface area contributed by atoms with Crippen LogP contribution < -0.4 is 4.90 Å². The van der Waals surface area contributed by atoms with Crippen molar-refractivity contribution < 1.29 is 9.59 Å². The maximum atomic E-state index is 13.5. The van der Waals surface area contributed by atoms with Crippen molar-refractivity contribution in [3.63, 3.8) is 0 Å². The summed E-state index contributed by atoms with van der Waals surface area (Å²) in [6.45, 7) is 6.77. The smallest absolute Gasteiger partial charge is 0.230 e. The van der Waals surface area contributed by atoms with Gasteiger partial charge in [-0.25, -0.2) is 4.98 Å². The zero-order chi connectivity index (χ0) is 23.9. The maximum Gasteiger partial charge on any atom is 0.230 e. The Hall–Kier alpha value is -1.61. The Bertz CT molecular complexity index is 942. The number of thiazole rings is 1. The summed E-state index contributed by atoms with van der Waals surface area (Å²) in [5, 5.41) is 3.33. The van der Waals surface area contributed by atoms with E-state index in [2.05, 4.69) is 9.88 Å². The number of amides is 2. The van der Waals surface area contributed by atoms with Crippen LogP contribution >= 0.6 is 34.7 Å². The molecule has 34 heavy (non-hydrogen) atoms. The van der Waals surface area contributed by atoms with Crippen LogP contribution in [0.25, 0.3) is 0 Å². The molecule has 0 N–H and O–H groups in total. The van der Waals surface area contributed by atoms with Crippen LogP contribution in [0.1, 0.15) is 39.0 Å². The lowest BCUT2D eigenvalue weighted by Crippen LogP contribution is -2.45.